The summed E-state index contributed by atoms with van der Waals surface area (Å²) in [6, 6.07) is 10.2. The number of ketones is 1. The lowest BCUT2D eigenvalue weighted by molar-refractivity contribution is -0.117. The van der Waals surface area contributed by atoms with E-state index < -0.39 is 0 Å². The molecule has 0 aliphatic carbocycles. The van der Waals surface area contributed by atoms with Crippen molar-refractivity contribution < 1.29 is 4.79 Å². The van der Waals surface area contributed by atoms with Crippen LogP contribution in [0.4, 0.5) is 0 Å². The molecule has 14 heavy (non-hydrogen) atoms. The maximum absolute atomic E-state index is 10.8. The molecule has 0 amide bonds. The Morgan fingerprint density at radius 3 is 2.57 bits per heavy atom. The molecule has 0 fully saturated rings. The van der Waals surface area contributed by atoms with Gasteiger partial charge < -0.3 is 5.73 Å². The average molecular weight is 191 g/mol. The molecule has 0 aliphatic rings. The second kappa shape index (κ2) is 5.55. The predicted molar refractivity (Wildman–Crippen MR) is 58.0 cm³/mol. The van der Waals surface area contributed by atoms with Gasteiger partial charge in [-0.3, -0.25) is 4.79 Å². The van der Waals surface area contributed by atoms with Crippen molar-refractivity contribution in [2.45, 2.75) is 32.2 Å². The molecule has 0 heterocycles. The van der Waals surface area contributed by atoms with Gasteiger partial charge in [0.25, 0.3) is 0 Å². The summed E-state index contributed by atoms with van der Waals surface area (Å²) in [4.78, 5) is 10.8. The van der Waals surface area contributed by atoms with Crippen LogP contribution >= 0.6 is 0 Å². The smallest absolute Gasteiger partial charge is 0.131 e. The SMILES string of the molecule is CC(=O)CC(N)CCc1ccccc1. The summed E-state index contributed by atoms with van der Waals surface area (Å²) in [5.74, 6) is 0.172. The number of carbonyl (C=O) groups is 1. The highest BCUT2D eigenvalue weighted by Gasteiger charge is 2.05. The fourth-order valence-corrected chi connectivity index (χ4v) is 1.47. The van der Waals surface area contributed by atoms with Crippen molar-refractivity contribution in [1.82, 2.24) is 0 Å². The third-order valence-corrected chi connectivity index (χ3v) is 2.20. The molecule has 0 aliphatic heterocycles. The van der Waals surface area contributed by atoms with Gasteiger partial charge in [0.1, 0.15) is 5.78 Å². The van der Waals surface area contributed by atoms with E-state index in [1.54, 1.807) is 6.92 Å². The fraction of sp³-hybridized carbons (Fsp3) is 0.417. The van der Waals surface area contributed by atoms with E-state index in [1.807, 2.05) is 18.2 Å². The average Bonchev–Trinajstić information content (AvgIpc) is 2.15. The lowest BCUT2D eigenvalue weighted by Crippen LogP contribution is -2.23. The molecule has 0 bridgehead atoms. The van der Waals surface area contributed by atoms with E-state index in [0.717, 1.165) is 12.8 Å². The van der Waals surface area contributed by atoms with Crippen LogP contribution in [-0.2, 0) is 11.2 Å². The molecule has 1 atom stereocenters. The third kappa shape index (κ3) is 4.19. The van der Waals surface area contributed by atoms with Crippen molar-refractivity contribution in [3.05, 3.63) is 35.9 Å². The van der Waals surface area contributed by atoms with Gasteiger partial charge in [0, 0.05) is 12.5 Å². The van der Waals surface area contributed by atoms with Crippen LogP contribution in [0.1, 0.15) is 25.3 Å². The van der Waals surface area contributed by atoms with Crippen molar-refractivity contribution >= 4 is 5.78 Å². The summed E-state index contributed by atoms with van der Waals surface area (Å²) < 4.78 is 0. The van der Waals surface area contributed by atoms with Crippen LogP contribution in [0.3, 0.4) is 0 Å². The van der Waals surface area contributed by atoms with Crippen LogP contribution in [0.15, 0.2) is 30.3 Å². The molecule has 2 heteroatoms. The van der Waals surface area contributed by atoms with Crippen molar-refractivity contribution in [1.29, 1.82) is 0 Å². The standard InChI is InChI=1S/C12H17NO/c1-10(14)9-12(13)8-7-11-5-3-2-4-6-11/h2-6,12H,7-9,13H2,1H3. The maximum Gasteiger partial charge on any atom is 0.131 e. The second-order valence-corrected chi connectivity index (χ2v) is 3.69. The van der Waals surface area contributed by atoms with Gasteiger partial charge in [-0.25, -0.2) is 0 Å². The van der Waals surface area contributed by atoms with Gasteiger partial charge in [0.2, 0.25) is 0 Å². The minimum atomic E-state index is 0.00714. The molecule has 0 radical (unpaired) electrons. The quantitative estimate of drug-likeness (QED) is 0.772. The van der Waals surface area contributed by atoms with Gasteiger partial charge >= 0.3 is 0 Å². The maximum atomic E-state index is 10.8. The molecule has 0 spiro atoms. The van der Waals surface area contributed by atoms with Crippen molar-refractivity contribution in [2.24, 2.45) is 5.73 Å². The second-order valence-electron chi connectivity index (χ2n) is 3.69. The molecule has 1 aromatic carbocycles. The lowest BCUT2D eigenvalue weighted by atomic mass is 10.0. The minimum absolute atomic E-state index is 0.00714. The van der Waals surface area contributed by atoms with Crippen molar-refractivity contribution in [2.75, 3.05) is 0 Å². The molecule has 2 nitrogen and oxygen atoms in total. The molecule has 0 saturated carbocycles. The first kappa shape index (κ1) is 10.9. The number of carbonyl (C=O) groups excluding carboxylic acids is 1. The van der Waals surface area contributed by atoms with Crippen LogP contribution in [0.5, 0.6) is 0 Å². The number of aryl methyl sites for hydroxylation is 1. The van der Waals surface area contributed by atoms with Crippen LogP contribution in [0.2, 0.25) is 0 Å². The van der Waals surface area contributed by atoms with Crippen molar-refractivity contribution in [3.63, 3.8) is 0 Å². The first-order valence-corrected chi connectivity index (χ1v) is 4.97. The van der Waals surface area contributed by atoms with Gasteiger partial charge in [0.05, 0.1) is 0 Å². The van der Waals surface area contributed by atoms with Crippen LogP contribution in [0, 0.1) is 0 Å². The van der Waals surface area contributed by atoms with Gasteiger partial charge in [0.15, 0.2) is 0 Å². The van der Waals surface area contributed by atoms with E-state index in [2.05, 4.69) is 12.1 Å². The number of hydrogen-bond donors (Lipinski definition) is 1. The highest BCUT2D eigenvalue weighted by molar-refractivity contribution is 5.76. The topological polar surface area (TPSA) is 43.1 Å². The van der Waals surface area contributed by atoms with Crippen LogP contribution < -0.4 is 5.73 Å². The Balaban J connectivity index is 2.30. The van der Waals surface area contributed by atoms with Gasteiger partial charge in [-0.1, -0.05) is 30.3 Å². The molecule has 1 aromatic rings. The number of Topliss-reactive ketones (excluding diaryl/α,β-unsaturated/α-hetero) is 1. The zero-order valence-electron chi connectivity index (χ0n) is 8.57. The Bertz CT molecular complexity index is 282. The number of benzene rings is 1. The Kier molecular flexibility index (Phi) is 4.33. The summed E-state index contributed by atoms with van der Waals surface area (Å²) in [6.45, 7) is 1.59. The normalized spacial score (nSPS) is 12.4. The number of rotatable bonds is 5. The summed E-state index contributed by atoms with van der Waals surface area (Å²) in [7, 11) is 0. The first-order valence-electron chi connectivity index (χ1n) is 4.97. The third-order valence-electron chi connectivity index (χ3n) is 2.20. The Hall–Kier alpha value is -1.15. The monoisotopic (exact) mass is 191 g/mol. The minimum Gasteiger partial charge on any atom is -0.327 e. The molecular formula is C12H17NO. The number of hydrogen-bond acceptors (Lipinski definition) is 2. The molecule has 2 N–H and O–H groups in total. The zero-order chi connectivity index (χ0) is 10.4. The van der Waals surface area contributed by atoms with Gasteiger partial charge in [-0.15, -0.1) is 0 Å². The van der Waals surface area contributed by atoms with Gasteiger partial charge in [-0.2, -0.15) is 0 Å². The van der Waals surface area contributed by atoms with E-state index in [-0.39, 0.29) is 11.8 Å². The first-order chi connectivity index (χ1) is 6.68. The molecular weight excluding hydrogens is 174 g/mol. The van der Waals surface area contributed by atoms with Crippen LogP contribution in [-0.4, -0.2) is 11.8 Å². The Morgan fingerprint density at radius 1 is 1.36 bits per heavy atom. The summed E-state index contributed by atoms with van der Waals surface area (Å²) in [5.41, 5.74) is 7.09. The van der Waals surface area contributed by atoms with E-state index in [0.29, 0.717) is 6.42 Å². The molecule has 1 unspecified atom stereocenters. The predicted octanol–water partition coefficient (Wildman–Crippen LogP) is 1.93. The lowest BCUT2D eigenvalue weighted by Gasteiger charge is -2.08. The largest absolute Gasteiger partial charge is 0.327 e. The summed E-state index contributed by atoms with van der Waals surface area (Å²) >= 11 is 0. The van der Waals surface area contributed by atoms with E-state index in [4.69, 9.17) is 5.73 Å². The highest BCUT2D eigenvalue weighted by atomic mass is 16.1. The van der Waals surface area contributed by atoms with E-state index >= 15 is 0 Å². The molecule has 76 valence electrons. The molecule has 0 saturated heterocycles. The summed E-state index contributed by atoms with van der Waals surface area (Å²) in [5, 5.41) is 0. The van der Waals surface area contributed by atoms with Gasteiger partial charge in [-0.05, 0) is 25.3 Å². The van der Waals surface area contributed by atoms with E-state index in [1.165, 1.54) is 5.56 Å². The van der Waals surface area contributed by atoms with Crippen LogP contribution in [0.25, 0.3) is 0 Å². The zero-order valence-corrected chi connectivity index (χ0v) is 8.57. The molecule has 0 aromatic heterocycles. The van der Waals surface area contributed by atoms with Crippen molar-refractivity contribution in [3.8, 4) is 0 Å². The van der Waals surface area contributed by atoms with E-state index in [9.17, 15) is 4.79 Å². The Labute approximate surface area is 85.1 Å². The fourth-order valence-electron chi connectivity index (χ4n) is 1.47. The number of nitrogens with two attached hydrogens (primary N) is 1. The highest BCUT2D eigenvalue weighted by Crippen LogP contribution is 2.05. The molecule has 1 rings (SSSR count). The summed E-state index contributed by atoms with van der Waals surface area (Å²) in [6.07, 6.45) is 2.33. The Morgan fingerprint density at radius 2 is 2.00 bits per heavy atom.